The van der Waals surface area contributed by atoms with Crippen LogP contribution in [0.25, 0.3) is 10.9 Å². The van der Waals surface area contributed by atoms with Gasteiger partial charge < -0.3 is 19.9 Å². The zero-order valence-electron chi connectivity index (χ0n) is 16.7. The first-order chi connectivity index (χ1) is 15.0. The zero-order chi connectivity index (χ0) is 21.8. The molecule has 2 aromatic heterocycles. The summed E-state index contributed by atoms with van der Waals surface area (Å²) in [5.74, 6) is 0.692. The summed E-state index contributed by atoms with van der Waals surface area (Å²) in [4.78, 5) is 31.3. The minimum absolute atomic E-state index is 0.136. The SMILES string of the molecule is COc1ccc2[nH]c(=O)c(CN(Cc3cccs3)C(=O)Nc3ccccc3Cl)cc2c1. The van der Waals surface area contributed by atoms with Crippen molar-refractivity contribution in [2.45, 2.75) is 13.1 Å². The van der Waals surface area contributed by atoms with Gasteiger partial charge >= 0.3 is 6.03 Å². The lowest BCUT2D eigenvalue weighted by molar-refractivity contribution is 0.207. The van der Waals surface area contributed by atoms with E-state index in [4.69, 9.17) is 16.3 Å². The third-order valence-electron chi connectivity index (χ3n) is 4.82. The van der Waals surface area contributed by atoms with Crippen molar-refractivity contribution in [2.24, 2.45) is 0 Å². The van der Waals surface area contributed by atoms with Gasteiger partial charge in [0.1, 0.15) is 5.75 Å². The summed E-state index contributed by atoms with van der Waals surface area (Å²) in [6.45, 7) is 0.500. The van der Waals surface area contributed by atoms with E-state index in [9.17, 15) is 9.59 Å². The van der Waals surface area contributed by atoms with Gasteiger partial charge in [0.15, 0.2) is 0 Å². The van der Waals surface area contributed by atoms with Crippen molar-refractivity contribution in [1.82, 2.24) is 9.88 Å². The molecule has 2 amide bonds. The normalized spacial score (nSPS) is 10.8. The topological polar surface area (TPSA) is 74.4 Å². The molecule has 0 saturated heterocycles. The van der Waals surface area contributed by atoms with Gasteiger partial charge in [0.25, 0.3) is 5.56 Å². The summed E-state index contributed by atoms with van der Waals surface area (Å²) >= 11 is 7.75. The molecule has 0 unspecified atom stereocenters. The van der Waals surface area contributed by atoms with Gasteiger partial charge in [-0.05, 0) is 47.8 Å². The highest BCUT2D eigenvalue weighted by Gasteiger charge is 2.18. The van der Waals surface area contributed by atoms with Crippen LogP contribution in [0.2, 0.25) is 5.02 Å². The number of H-pyrrole nitrogens is 1. The number of amides is 2. The second-order valence-corrected chi connectivity index (χ2v) is 8.36. The first-order valence-corrected chi connectivity index (χ1v) is 10.8. The number of aromatic amines is 1. The molecule has 4 aromatic rings. The van der Waals surface area contributed by atoms with Crippen molar-refractivity contribution in [3.63, 3.8) is 0 Å². The molecule has 0 aliphatic heterocycles. The van der Waals surface area contributed by atoms with Crippen LogP contribution in [-0.2, 0) is 13.1 Å². The van der Waals surface area contributed by atoms with Gasteiger partial charge in [0.2, 0.25) is 0 Å². The number of urea groups is 1. The largest absolute Gasteiger partial charge is 0.497 e. The number of pyridine rings is 1. The standard InChI is InChI=1S/C23H20ClN3O3S/c1-30-17-8-9-20-15(12-17)11-16(22(28)25-20)13-27(14-18-5-4-10-31-18)23(29)26-21-7-3-2-6-19(21)24/h2-12H,13-14H2,1H3,(H,25,28)(H,26,29). The summed E-state index contributed by atoms with van der Waals surface area (Å²) in [5, 5.41) is 6.08. The number of anilines is 1. The van der Waals surface area contributed by atoms with Crippen LogP contribution in [0.15, 0.2) is 70.8 Å². The fourth-order valence-corrected chi connectivity index (χ4v) is 4.13. The van der Waals surface area contributed by atoms with Crippen LogP contribution in [-0.4, -0.2) is 23.0 Å². The Morgan fingerprint density at radius 2 is 1.97 bits per heavy atom. The van der Waals surface area contributed by atoms with Gasteiger partial charge in [-0.3, -0.25) is 4.79 Å². The van der Waals surface area contributed by atoms with E-state index in [0.717, 1.165) is 10.3 Å². The predicted molar refractivity (Wildman–Crippen MR) is 125 cm³/mol. The van der Waals surface area contributed by atoms with E-state index in [-0.39, 0.29) is 18.1 Å². The molecule has 0 atom stereocenters. The zero-order valence-corrected chi connectivity index (χ0v) is 18.3. The number of nitrogens with one attached hydrogen (secondary N) is 2. The number of benzene rings is 2. The molecule has 2 N–H and O–H groups in total. The van der Waals surface area contributed by atoms with Gasteiger partial charge in [0, 0.05) is 21.3 Å². The predicted octanol–water partition coefficient (Wildman–Crippen LogP) is 5.49. The van der Waals surface area contributed by atoms with Gasteiger partial charge in [0.05, 0.1) is 30.9 Å². The number of carbonyl (C=O) groups is 1. The fraction of sp³-hybridized carbons (Fsp3) is 0.130. The number of nitrogens with zero attached hydrogens (tertiary/aromatic N) is 1. The Kier molecular flexibility index (Phi) is 6.25. The quantitative estimate of drug-likeness (QED) is 0.405. The molecule has 0 radical (unpaired) electrons. The number of hydrogen-bond donors (Lipinski definition) is 2. The molecular weight excluding hydrogens is 434 g/mol. The first-order valence-electron chi connectivity index (χ1n) is 9.56. The van der Waals surface area contributed by atoms with Crippen molar-refractivity contribution >= 4 is 45.6 Å². The maximum Gasteiger partial charge on any atom is 0.322 e. The Balaban J connectivity index is 1.65. The lowest BCUT2D eigenvalue weighted by Gasteiger charge is -2.23. The Morgan fingerprint density at radius 1 is 1.13 bits per heavy atom. The fourth-order valence-electron chi connectivity index (χ4n) is 3.23. The van der Waals surface area contributed by atoms with Crippen LogP contribution in [0, 0.1) is 0 Å². The molecule has 8 heteroatoms. The Morgan fingerprint density at radius 3 is 2.71 bits per heavy atom. The average Bonchev–Trinajstić information content (AvgIpc) is 3.28. The Bertz CT molecular complexity index is 1270. The summed E-state index contributed by atoms with van der Waals surface area (Å²) in [6, 6.07) is 17.8. The maximum atomic E-state index is 13.1. The number of ether oxygens (including phenoxy) is 1. The number of aromatic nitrogens is 1. The van der Waals surface area contributed by atoms with Crippen molar-refractivity contribution < 1.29 is 9.53 Å². The minimum Gasteiger partial charge on any atom is -0.497 e. The molecule has 2 heterocycles. The molecule has 31 heavy (non-hydrogen) atoms. The average molecular weight is 454 g/mol. The molecule has 0 spiro atoms. The lowest BCUT2D eigenvalue weighted by atomic mass is 10.1. The molecule has 6 nitrogen and oxygen atoms in total. The van der Waals surface area contributed by atoms with Crippen LogP contribution in [0.5, 0.6) is 5.75 Å². The summed E-state index contributed by atoms with van der Waals surface area (Å²) in [5.41, 5.74) is 1.47. The van der Waals surface area contributed by atoms with Crippen molar-refractivity contribution in [3.05, 3.63) is 91.9 Å². The molecule has 0 fully saturated rings. The number of halogens is 1. The monoisotopic (exact) mass is 453 g/mol. The number of carbonyl (C=O) groups excluding carboxylic acids is 1. The van der Waals surface area contributed by atoms with Crippen LogP contribution in [0.1, 0.15) is 10.4 Å². The van der Waals surface area contributed by atoms with Crippen LogP contribution in [0.3, 0.4) is 0 Å². The van der Waals surface area contributed by atoms with Gasteiger partial charge in [-0.1, -0.05) is 29.8 Å². The van der Waals surface area contributed by atoms with Crippen LogP contribution >= 0.6 is 22.9 Å². The number of methoxy groups -OCH3 is 1. The van der Waals surface area contributed by atoms with Crippen molar-refractivity contribution in [2.75, 3.05) is 12.4 Å². The molecule has 4 rings (SSSR count). The van der Waals surface area contributed by atoms with E-state index >= 15 is 0 Å². The van der Waals surface area contributed by atoms with Gasteiger partial charge in [-0.2, -0.15) is 0 Å². The molecule has 158 valence electrons. The second-order valence-electron chi connectivity index (χ2n) is 6.92. The number of hydrogen-bond acceptors (Lipinski definition) is 4. The van der Waals surface area contributed by atoms with Gasteiger partial charge in [-0.15, -0.1) is 11.3 Å². The van der Waals surface area contributed by atoms with Crippen LogP contribution in [0.4, 0.5) is 10.5 Å². The first kappa shape index (κ1) is 21.0. The molecule has 0 bridgehead atoms. The molecule has 0 aliphatic carbocycles. The molecule has 2 aromatic carbocycles. The highest BCUT2D eigenvalue weighted by molar-refractivity contribution is 7.09. The van der Waals surface area contributed by atoms with Crippen molar-refractivity contribution in [1.29, 1.82) is 0 Å². The van der Waals surface area contributed by atoms with E-state index in [1.807, 2.05) is 23.6 Å². The molecule has 0 saturated carbocycles. The van der Waals surface area contributed by atoms with Crippen molar-refractivity contribution in [3.8, 4) is 5.75 Å². The molecule has 0 aliphatic rings. The number of thiophene rings is 1. The number of para-hydroxylation sites is 1. The van der Waals surface area contributed by atoms with E-state index in [1.165, 1.54) is 0 Å². The van der Waals surface area contributed by atoms with E-state index < -0.39 is 0 Å². The van der Waals surface area contributed by atoms with Crippen LogP contribution < -0.4 is 15.6 Å². The smallest absolute Gasteiger partial charge is 0.322 e. The second kappa shape index (κ2) is 9.24. The Hall–Kier alpha value is -3.29. The number of fused-ring (bicyclic) bond motifs is 1. The third kappa shape index (κ3) is 4.90. The van der Waals surface area contributed by atoms with E-state index in [2.05, 4.69) is 10.3 Å². The summed E-state index contributed by atoms with van der Waals surface area (Å²) in [6.07, 6.45) is 0. The minimum atomic E-state index is -0.341. The highest BCUT2D eigenvalue weighted by Crippen LogP contribution is 2.23. The highest BCUT2D eigenvalue weighted by atomic mass is 35.5. The molecular formula is C23H20ClN3O3S. The van der Waals surface area contributed by atoms with Gasteiger partial charge in [-0.25, -0.2) is 4.79 Å². The Labute approximate surface area is 188 Å². The number of rotatable bonds is 6. The maximum absolute atomic E-state index is 13.1. The third-order valence-corrected chi connectivity index (χ3v) is 6.01. The summed E-state index contributed by atoms with van der Waals surface area (Å²) < 4.78 is 5.28. The lowest BCUT2D eigenvalue weighted by Crippen LogP contribution is -2.35. The van der Waals surface area contributed by atoms with E-state index in [1.54, 1.807) is 65.8 Å². The summed E-state index contributed by atoms with van der Waals surface area (Å²) in [7, 11) is 1.59. The van der Waals surface area contributed by atoms with E-state index in [0.29, 0.717) is 34.1 Å².